The van der Waals surface area contributed by atoms with Gasteiger partial charge in [-0.15, -0.1) is 0 Å². The number of anilines is 2. The van der Waals surface area contributed by atoms with Crippen LogP contribution in [0, 0.1) is 0 Å². The topological polar surface area (TPSA) is 50.9 Å². The Morgan fingerprint density at radius 1 is 1.05 bits per heavy atom. The number of nitrogens with two attached hydrogens (primary N) is 1. The molecule has 3 N–H and O–H groups in total. The zero-order valence-electron chi connectivity index (χ0n) is 11.2. The van der Waals surface area contributed by atoms with Gasteiger partial charge in [-0.3, -0.25) is 0 Å². The van der Waals surface area contributed by atoms with E-state index in [0.29, 0.717) is 0 Å². The van der Waals surface area contributed by atoms with E-state index in [0.717, 1.165) is 35.7 Å². The summed E-state index contributed by atoms with van der Waals surface area (Å²) in [6.07, 6.45) is 1.99. The van der Waals surface area contributed by atoms with Gasteiger partial charge < -0.3 is 11.1 Å². The lowest BCUT2D eigenvalue weighted by molar-refractivity contribution is 0.836. The summed E-state index contributed by atoms with van der Waals surface area (Å²) < 4.78 is 1.22. The molecule has 0 unspecified atom stereocenters. The molecule has 0 aliphatic carbocycles. The first kappa shape index (κ1) is 13.1. The molecule has 0 atom stereocenters. The molecule has 102 valence electrons. The van der Waals surface area contributed by atoms with Crippen molar-refractivity contribution in [3.63, 3.8) is 0 Å². The summed E-state index contributed by atoms with van der Waals surface area (Å²) in [6.45, 7) is 0.718. The number of nitrogens with one attached hydrogen (secondary N) is 1. The lowest BCUT2D eigenvalue weighted by atomic mass is 10.1. The second kappa shape index (κ2) is 6.03. The molecule has 0 aliphatic rings. The third-order valence-corrected chi connectivity index (χ3v) is 4.11. The first-order valence-electron chi connectivity index (χ1n) is 6.77. The number of rotatable bonds is 5. The molecule has 4 heteroatoms. The van der Waals surface area contributed by atoms with Gasteiger partial charge in [0.05, 0.1) is 10.2 Å². The smallest absolute Gasteiger partial charge is 0.188 e. The molecular weight excluding hydrogens is 266 g/mol. The van der Waals surface area contributed by atoms with Crippen LogP contribution in [-0.2, 0) is 6.42 Å². The van der Waals surface area contributed by atoms with E-state index in [9.17, 15) is 0 Å². The second-order valence-corrected chi connectivity index (χ2v) is 5.70. The molecule has 1 heterocycles. The summed E-state index contributed by atoms with van der Waals surface area (Å²) in [5.41, 5.74) is 9.05. The van der Waals surface area contributed by atoms with Crippen molar-refractivity contribution in [3.05, 3.63) is 54.1 Å². The summed E-state index contributed by atoms with van der Waals surface area (Å²) in [6, 6.07) is 16.5. The van der Waals surface area contributed by atoms with Gasteiger partial charge in [-0.25, -0.2) is 4.98 Å². The molecule has 20 heavy (non-hydrogen) atoms. The minimum atomic E-state index is 0.718. The monoisotopic (exact) mass is 283 g/mol. The molecule has 0 aliphatic heterocycles. The van der Waals surface area contributed by atoms with E-state index in [2.05, 4.69) is 23.5 Å². The third kappa shape index (κ3) is 2.81. The standard InChI is InChI=1S/C16H17N3S/c17-11-5-7-12-6-4-10-14-15(12)19-16(20-14)18-13-8-2-1-3-9-13/h1-4,6,8-10H,5,7,11,17H2,(H,18,19). The fourth-order valence-electron chi connectivity index (χ4n) is 2.20. The molecular formula is C16H17N3S. The number of thiazole rings is 1. The van der Waals surface area contributed by atoms with Crippen molar-refractivity contribution in [1.82, 2.24) is 4.98 Å². The molecule has 0 saturated heterocycles. The van der Waals surface area contributed by atoms with Crippen LogP contribution in [0.5, 0.6) is 0 Å². The van der Waals surface area contributed by atoms with Gasteiger partial charge in [0.15, 0.2) is 5.13 Å². The lowest BCUT2D eigenvalue weighted by Gasteiger charge is -2.01. The number of aromatic nitrogens is 1. The van der Waals surface area contributed by atoms with Gasteiger partial charge in [0.25, 0.3) is 0 Å². The molecule has 0 bridgehead atoms. The maximum absolute atomic E-state index is 5.60. The van der Waals surface area contributed by atoms with Crippen LogP contribution in [0.2, 0.25) is 0 Å². The van der Waals surface area contributed by atoms with Gasteiger partial charge >= 0.3 is 0 Å². The SMILES string of the molecule is NCCCc1cccc2sc(Nc3ccccc3)nc12. The van der Waals surface area contributed by atoms with Crippen molar-refractivity contribution in [2.24, 2.45) is 5.73 Å². The van der Waals surface area contributed by atoms with Crippen LogP contribution in [0.4, 0.5) is 10.8 Å². The van der Waals surface area contributed by atoms with E-state index in [1.165, 1.54) is 10.3 Å². The average molecular weight is 283 g/mol. The number of nitrogens with zero attached hydrogens (tertiary/aromatic N) is 1. The van der Waals surface area contributed by atoms with Crippen LogP contribution < -0.4 is 11.1 Å². The highest BCUT2D eigenvalue weighted by molar-refractivity contribution is 7.22. The highest BCUT2D eigenvalue weighted by Crippen LogP contribution is 2.30. The molecule has 3 rings (SSSR count). The molecule has 0 amide bonds. The summed E-state index contributed by atoms with van der Waals surface area (Å²) >= 11 is 1.69. The summed E-state index contributed by atoms with van der Waals surface area (Å²) in [7, 11) is 0. The number of hydrogen-bond donors (Lipinski definition) is 2. The quantitative estimate of drug-likeness (QED) is 0.746. The predicted molar refractivity (Wildman–Crippen MR) is 86.7 cm³/mol. The Bertz CT molecular complexity index is 691. The van der Waals surface area contributed by atoms with Gasteiger partial charge in [0, 0.05) is 5.69 Å². The van der Waals surface area contributed by atoms with Gasteiger partial charge in [-0.1, -0.05) is 41.7 Å². The highest BCUT2D eigenvalue weighted by Gasteiger charge is 2.07. The minimum Gasteiger partial charge on any atom is -0.332 e. The Morgan fingerprint density at radius 3 is 2.70 bits per heavy atom. The van der Waals surface area contributed by atoms with Crippen LogP contribution in [0.25, 0.3) is 10.2 Å². The van der Waals surface area contributed by atoms with E-state index >= 15 is 0 Å². The number of hydrogen-bond acceptors (Lipinski definition) is 4. The van der Waals surface area contributed by atoms with Crippen molar-refractivity contribution < 1.29 is 0 Å². The predicted octanol–water partition coefficient (Wildman–Crippen LogP) is 3.93. The Morgan fingerprint density at radius 2 is 1.90 bits per heavy atom. The van der Waals surface area contributed by atoms with Crippen LogP contribution in [0.15, 0.2) is 48.5 Å². The van der Waals surface area contributed by atoms with E-state index < -0.39 is 0 Å². The van der Waals surface area contributed by atoms with E-state index in [-0.39, 0.29) is 0 Å². The fourth-order valence-corrected chi connectivity index (χ4v) is 3.13. The van der Waals surface area contributed by atoms with Gasteiger partial charge in [-0.2, -0.15) is 0 Å². The van der Waals surface area contributed by atoms with Gasteiger partial charge in [-0.05, 0) is 43.1 Å². The molecule has 1 aromatic heterocycles. The molecule has 0 spiro atoms. The van der Waals surface area contributed by atoms with Gasteiger partial charge in [0.1, 0.15) is 0 Å². The van der Waals surface area contributed by atoms with Crippen LogP contribution in [0.3, 0.4) is 0 Å². The van der Waals surface area contributed by atoms with Gasteiger partial charge in [0.2, 0.25) is 0 Å². The molecule has 3 nitrogen and oxygen atoms in total. The van der Waals surface area contributed by atoms with E-state index in [4.69, 9.17) is 10.7 Å². The Hall–Kier alpha value is -1.91. The van der Waals surface area contributed by atoms with Crippen LogP contribution >= 0.6 is 11.3 Å². The zero-order chi connectivity index (χ0) is 13.8. The maximum Gasteiger partial charge on any atom is 0.188 e. The van der Waals surface area contributed by atoms with Crippen molar-refractivity contribution >= 4 is 32.4 Å². The number of benzene rings is 2. The second-order valence-electron chi connectivity index (χ2n) is 4.67. The Balaban J connectivity index is 1.90. The highest BCUT2D eigenvalue weighted by atomic mass is 32.1. The lowest BCUT2D eigenvalue weighted by Crippen LogP contribution is -2.00. The largest absolute Gasteiger partial charge is 0.332 e. The zero-order valence-corrected chi connectivity index (χ0v) is 12.0. The minimum absolute atomic E-state index is 0.718. The number of aryl methyl sites for hydroxylation is 1. The van der Waals surface area contributed by atoms with E-state index in [1.54, 1.807) is 11.3 Å². The van der Waals surface area contributed by atoms with Crippen molar-refractivity contribution in [2.75, 3.05) is 11.9 Å². The van der Waals surface area contributed by atoms with Crippen molar-refractivity contribution in [1.29, 1.82) is 0 Å². The van der Waals surface area contributed by atoms with Crippen molar-refractivity contribution in [2.45, 2.75) is 12.8 Å². The third-order valence-electron chi connectivity index (χ3n) is 3.18. The maximum atomic E-state index is 5.60. The summed E-state index contributed by atoms with van der Waals surface area (Å²) in [5, 5.41) is 4.30. The first-order chi connectivity index (χ1) is 9.86. The van der Waals surface area contributed by atoms with E-state index in [1.807, 2.05) is 30.3 Å². The Kier molecular flexibility index (Phi) is 3.95. The molecule has 0 saturated carbocycles. The van der Waals surface area contributed by atoms with Crippen LogP contribution in [0.1, 0.15) is 12.0 Å². The Labute approximate surface area is 122 Å². The first-order valence-corrected chi connectivity index (χ1v) is 7.59. The average Bonchev–Trinajstić information content (AvgIpc) is 2.89. The number of fused-ring (bicyclic) bond motifs is 1. The van der Waals surface area contributed by atoms with Crippen molar-refractivity contribution in [3.8, 4) is 0 Å². The summed E-state index contributed by atoms with van der Waals surface area (Å²) in [5.74, 6) is 0. The molecule has 3 aromatic rings. The summed E-state index contributed by atoms with van der Waals surface area (Å²) in [4.78, 5) is 4.73. The normalized spacial score (nSPS) is 10.8. The molecule has 0 fully saturated rings. The molecule has 2 aromatic carbocycles. The number of para-hydroxylation sites is 2. The van der Waals surface area contributed by atoms with Crippen LogP contribution in [-0.4, -0.2) is 11.5 Å². The fraction of sp³-hybridized carbons (Fsp3) is 0.188. The molecule has 0 radical (unpaired) electrons.